The van der Waals surface area contributed by atoms with Crippen molar-refractivity contribution in [2.75, 3.05) is 11.9 Å². The van der Waals surface area contributed by atoms with Gasteiger partial charge >= 0.3 is 11.9 Å². The van der Waals surface area contributed by atoms with Crippen LogP contribution >= 0.6 is 0 Å². The number of esters is 1. The first kappa shape index (κ1) is 57.0. The van der Waals surface area contributed by atoms with Crippen molar-refractivity contribution < 1.29 is 78.2 Å². The number of aliphatic carboxylic acids is 1. The number of fused-ring (bicyclic) bond motifs is 1. The molecule has 1 amide bonds. The highest BCUT2D eigenvalue weighted by atomic mass is 16.7. The van der Waals surface area contributed by atoms with Crippen LogP contribution in [0.1, 0.15) is 114 Å². The first-order valence-corrected chi connectivity index (χ1v) is 26.9. The van der Waals surface area contributed by atoms with E-state index in [1.165, 1.54) is 26.0 Å². The molecule has 2 aliphatic heterocycles. The molecule has 2 aliphatic carbocycles. The fourth-order valence-corrected chi connectivity index (χ4v) is 11.3. The van der Waals surface area contributed by atoms with E-state index in [1.807, 2.05) is 48.3 Å². The Hall–Kier alpha value is -5.20. The highest BCUT2D eigenvalue weighted by Gasteiger charge is 2.54. The number of aliphatic hydroxyl groups is 5. The van der Waals surface area contributed by atoms with Gasteiger partial charge in [-0.1, -0.05) is 62.4 Å². The molecule has 6 unspecified atom stereocenters. The SMILES string of the molecule is CC(=O)Nc1ccc2c(ccn2CCCn2cc(CCCCC(=O)C3CC(C)[C@@H](O[C@@H]4OC(C)[C@@H](O)[C@H](O)C4O)[C@H](O[C@@H]4O[C@@H](CO)[C@H](O)C(O[C@@H](CC5CCCCC5)C(=O)O)C4OC(=O)c4ccccc4)C3)nn2)c1. The maximum absolute atomic E-state index is 14.2. The summed E-state index contributed by atoms with van der Waals surface area (Å²) in [6, 6.07) is 15.9. The number of rotatable bonds is 23. The molecule has 2 saturated heterocycles. The number of hydrogen-bond donors (Lipinski definition) is 7. The molecule has 21 heteroatoms. The Labute approximate surface area is 441 Å². The van der Waals surface area contributed by atoms with Gasteiger partial charge in [-0.25, -0.2) is 9.59 Å². The zero-order chi connectivity index (χ0) is 54.0. The molecule has 2 saturated carbocycles. The number of aryl methyl sites for hydroxylation is 3. The molecule has 2 aromatic heterocycles. The van der Waals surface area contributed by atoms with Gasteiger partial charge in [-0.3, -0.25) is 14.3 Å². The van der Waals surface area contributed by atoms with Crippen molar-refractivity contribution in [1.29, 1.82) is 0 Å². The van der Waals surface area contributed by atoms with E-state index in [-0.39, 0.29) is 42.4 Å². The first-order valence-electron chi connectivity index (χ1n) is 26.9. The van der Waals surface area contributed by atoms with Crippen LogP contribution < -0.4 is 5.32 Å². The van der Waals surface area contributed by atoms with E-state index in [2.05, 4.69) is 20.2 Å². The van der Waals surface area contributed by atoms with Gasteiger partial charge in [-0.15, -0.1) is 5.10 Å². The Bertz CT molecular complexity index is 2540. The average molecular weight is 1060 g/mol. The van der Waals surface area contributed by atoms with E-state index in [9.17, 15) is 49.8 Å². The number of carboxylic acid groups (broad SMARTS) is 1. The van der Waals surface area contributed by atoms with E-state index in [1.54, 1.807) is 18.2 Å². The summed E-state index contributed by atoms with van der Waals surface area (Å²) >= 11 is 0. The number of ketones is 1. The molecule has 4 heterocycles. The second-order valence-corrected chi connectivity index (χ2v) is 21.2. The Balaban J connectivity index is 0.951. The molecule has 21 nitrogen and oxygen atoms in total. The summed E-state index contributed by atoms with van der Waals surface area (Å²) in [6.45, 7) is 5.49. The summed E-state index contributed by atoms with van der Waals surface area (Å²) < 4.78 is 41.6. The highest BCUT2D eigenvalue weighted by Crippen LogP contribution is 2.40. The summed E-state index contributed by atoms with van der Waals surface area (Å²) in [5.41, 5.74) is 2.75. The normalized spacial score (nSPS) is 30.7. The van der Waals surface area contributed by atoms with Gasteiger partial charge in [0.25, 0.3) is 0 Å². The average Bonchev–Trinajstić information content (AvgIpc) is 4.06. The van der Waals surface area contributed by atoms with E-state index < -0.39 is 110 Å². The maximum atomic E-state index is 14.2. The molecule has 7 N–H and O–H groups in total. The lowest BCUT2D eigenvalue weighted by Crippen LogP contribution is -2.64. The smallest absolute Gasteiger partial charge is 0.338 e. The molecule has 2 aromatic carbocycles. The minimum Gasteiger partial charge on any atom is -0.479 e. The Morgan fingerprint density at radius 3 is 2.34 bits per heavy atom. The molecule has 4 aliphatic rings. The summed E-state index contributed by atoms with van der Waals surface area (Å²) in [4.78, 5) is 52.5. The summed E-state index contributed by atoms with van der Waals surface area (Å²) in [7, 11) is 0. The number of aromatic nitrogens is 4. The number of benzene rings is 2. The van der Waals surface area contributed by atoms with Crippen molar-refractivity contribution in [2.45, 2.75) is 197 Å². The fraction of sp³-hybridized carbons (Fsp3) is 0.636. The van der Waals surface area contributed by atoms with Crippen LogP contribution in [0.3, 0.4) is 0 Å². The molecule has 0 bridgehead atoms. The van der Waals surface area contributed by atoms with Gasteiger partial charge in [0.1, 0.15) is 42.4 Å². The molecular formula is C55H75N5O16. The van der Waals surface area contributed by atoms with Crippen molar-refractivity contribution in [2.24, 2.45) is 17.8 Å². The van der Waals surface area contributed by atoms with Crippen LogP contribution in [0.5, 0.6) is 0 Å². The number of hydrogen-bond acceptors (Lipinski definition) is 17. The molecule has 0 radical (unpaired) electrons. The summed E-state index contributed by atoms with van der Waals surface area (Å²) in [5, 5.41) is 77.6. The van der Waals surface area contributed by atoms with Crippen molar-refractivity contribution in [3.05, 3.63) is 78.2 Å². The second-order valence-electron chi connectivity index (χ2n) is 21.2. The number of unbranched alkanes of at least 4 members (excludes halogenated alkanes) is 1. The second kappa shape index (κ2) is 26.4. The number of nitrogens with zero attached hydrogens (tertiary/aromatic N) is 4. The lowest BCUT2D eigenvalue weighted by atomic mass is 9.75. The molecule has 416 valence electrons. The number of amides is 1. The van der Waals surface area contributed by atoms with Crippen molar-refractivity contribution in [1.82, 2.24) is 19.6 Å². The van der Waals surface area contributed by atoms with E-state index in [4.69, 9.17) is 28.4 Å². The van der Waals surface area contributed by atoms with Crippen LogP contribution in [0.2, 0.25) is 0 Å². The largest absolute Gasteiger partial charge is 0.479 e. The number of Topliss-reactive ketones (excluding diaryl/α,β-unsaturated/α-hetero) is 1. The minimum atomic E-state index is -1.69. The van der Waals surface area contributed by atoms with Crippen LogP contribution in [-0.4, -0.2) is 160 Å². The number of carbonyl (C=O) groups is 4. The van der Waals surface area contributed by atoms with Gasteiger partial charge in [-0.2, -0.15) is 0 Å². The maximum Gasteiger partial charge on any atom is 0.338 e. The molecule has 8 rings (SSSR count). The van der Waals surface area contributed by atoms with Gasteiger partial charge in [0, 0.05) is 61.3 Å². The van der Waals surface area contributed by atoms with E-state index in [0.29, 0.717) is 32.2 Å². The number of nitrogens with one attached hydrogen (secondary N) is 1. The zero-order valence-electron chi connectivity index (χ0n) is 43.5. The third-order valence-electron chi connectivity index (χ3n) is 15.5. The number of aliphatic hydroxyl groups excluding tert-OH is 5. The number of carbonyl (C=O) groups excluding carboxylic acids is 3. The number of carboxylic acids is 1. The Kier molecular flexibility index (Phi) is 19.8. The quantitative estimate of drug-likeness (QED) is 0.0402. The standard InChI is InChI=1S/C55H75N5O16/c1-31-25-37(41(63)18-11-10-17-39-29-60(58-57-39)23-12-22-59-24-21-36-27-38(56-33(3)62)19-20-40(36)59)28-42(49(31)76-54-48(67)47(66)45(64)32(2)71-54)73-55-51(75-53(70)35-15-8-5-9-16-35)50(46(65)44(30-61)74-55)72-43(52(68)69)26-34-13-6-4-7-14-34/h5,8-9,15-16,19-21,24,27,29,31-32,34,37,42-51,54-55,61,64-67H,4,6-7,10-14,17-18,22-23,25-26,28,30H2,1-3H3,(H,56,62)(H,68,69)/t31?,32?,37?,42-,43+,44+,45-,46+,47+,48?,49-,50?,51?,54+,55-/m1/s1. The van der Waals surface area contributed by atoms with Crippen molar-refractivity contribution in [3.8, 4) is 0 Å². The van der Waals surface area contributed by atoms with E-state index >= 15 is 0 Å². The molecule has 0 spiro atoms. The molecule has 4 fully saturated rings. The van der Waals surface area contributed by atoms with Gasteiger partial charge in [0.15, 0.2) is 24.8 Å². The molecule has 15 atom stereocenters. The van der Waals surface area contributed by atoms with Crippen LogP contribution in [-0.2, 0) is 62.3 Å². The fourth-order valence-electron chi connectivity index (χ4n) is 11.3. The van der Waals surface area contributed by atoms with Crippen LogP contribution in [0.15, 0.2) is 67.0 Å². The van der Waals surface area contributed by atoms with Gasteiger partial charge in [-0.05, 0) is 100 Å². The van der Waals surface area contributed by atoms with Crippen LogP contribution in [0.25, 0.3) is 10.9 Å². The predicted molar refractivity (Wildman–Crippen MR) is 272 cm³/mol. The third-order valence-corrected chi connectivity index (χ3v) is 15.5. The zero-order valence-corrected chi connectivity index (χ0v) is 43.5. The highest BCUT2D eigenvalue weighted by molar-refractivity contribution is 5.92. The van der Waals surface area contributed by atoms with Gasteiger partial charge < -0.3 is 68.9 Å². The lowest BCUT2D eigenvalue weighted by molar-refractivity contribution is -0.349. The van der Waals surface area contributed by atoms with Crippen LogP contribution in [0.4, 0.5) is 5.69 Å². The summed E-state index contributed by atoms with van der Waals surface area (Å²) in [6.07, 6.45) is -6.63. The minimum absolute atomic E-state index is 0.0397. The van der Waals surface area contributed by atoms with Gasteiger partial charge in [0.2, 0.25) is 5.91 Å². The first-order chi connectivity index (χ1) is 36.6. The predicted octanol–water partition coefficient (Wildman–Crippen LogP) is 4.32. The van der Waals surface area contributed by atoms with Crippen LogP contribution in [0, 0.1) is 17.8 Å². The van der Waals surface area contributed by atoms with E-state index in [0.717, 1.165) is 67.4 Å². The Morgan fingerprint density at radius 1 is 0.829 bits per heavy atom. The topological polar surface area (TPSA) is 293 Å². The Morgan fingerprint density at radius 2 is 1.61 bits per heavy atom. The number of ether oxygens (including phenoxy) is 6. The molecule has 4 aromatic rings. The van der Waals surface area contributed by atoms with Crippen molar-refractivity contribution in [3.63, 3.8) is 0 Å². The van der Waals surface area contributed by atoms with Gasteiger partial charge in [0.05, 0.1) is 36.2 Å². The number of anilines is 1. The summed E-state index contributed by atoms with van der Waals surface area (Å²) in [5.74, 6) is -3.30. The molecular weight excluding hydrogens is 987 g/mol. The lowest BCUT2D eigenvalue weighted by Gasteiger charge is -2.48. The monoisotopic (exact) mass is 1060 g/mol. The molecule has 76 heavy (non-hydrogen) atoms. The van der Waals surface area contributed by atoms with Crippen molar-refractivity contribution >= 4 is 40.2 Å². The third kappa shape index (κ3) is 14.3.